The molecule has 0 aliphatic rings. The van der Waals surface area contributed by atoms with E-state index in [1.54, 1.807) is 13.0 Å². The van der Waals surface area contributed by atoms with Gasteiger partial charge in [-0.25, -0.2) is 0 Å². The zero-order valence-electron chi connectivity index (χ0n) is 7.50. The van der Waals surface area contributed by atoms with Crippen LogP contribution in [0.1, 0.15) is 18.9 Å². The van der Waals surface area contributed by atoms with Gasteiger partial charge in [0.25, 0.3) is 0 Å². The van der Waals surface area contributed by atoms with Crippen molar-refractivity contribution in [1.82, 2.24) is 0 Å². The van der Waals surface area contributed by atoms with Crippen LogP contribution in [0.2, 0.25) is 0 Å². The Morgan fingerprint density at radius 1 is 1.46 bits per heavy atom. The third-order valence-corrected chi connectivity index (χ3v) is 2.37. The predicted octanol–water partition coefficient (Wildman–Crippen LogP) is 2.47. The van der Waals surface area contributed by atoms with Crippen molar-refractivity contribution in [2.45, 2.75) is 25.9 Å². The molecular weight excluding hydrogens is 232 g/mol. The lowest BCUT2D eigenvalue weighted by atomic mass is 10.1. The fourth-order valence-electron chi connectivity index (χ4n) is 1.11. The minimum atomic E-state index is -0.317. The average molecular weight is 245 g/mol. The number of aliphatic hydroxyl groups is 1. The molecule has 1 rings (SSSR count). The van der Waals surface area contributed by atoms with Crippen molar-refractivity contribution in [3.63, 3.8) is 0 Å². The second-order valence-corrected chi connectivity index (χ2v) is 4.08. The van der Waals surface area contributed by atoms with Gasteiger partial charge in [-0.05, 0) is 37.5 Å². The predicted molar refractivity (Wildman–Crippen MR) is 55.8 cm³/mol. The molecule has 3 heteroatoms. The van der Waals surface area contributed by atoms with E-state index in [0.717, 1.165) is 10.0 Å². The first-order valence-corrected chi connectivity index (χ1v) is 5.04. The number of benzene rings is 1. The van der Waals surface area contributed by atoms with E-state index < -0.39 is 0 Å². The van der Waals surface area contributed by atoms with Crippen LogP contribution in [0.15, 0.2) is 22.7 Å². The van der Waals surface area contributed by atoms with Crippen LogP contribution in [0.4, 0.5) is 0 Å². The van der Waals surface area contributed by atoms with Crippen LogP contribution < -0.4 is 0 Å². The van der Waals surface area contributed by atoms with Crippen molar-refractivity contribution < 1.29 is 10.2 Å². The van der Waals surface area contributed by atoms with E-state index in [4.69, 9.17) is 5.11 Å². The quantitative estimate of drug-likeness (QED) is 0.858. The summed E-state index contributed by atoms with van der Waals surface area (Å²) in [6.07, 6.45) is 1.06. The molecule has 1 unspecified atom stereocenters. The Balaban J connectivity index is 2.67. The number of hydrogen-bond donors (Lipinski definition) is 2. The summed E-state index contributed by atoms with van der Waals surface area (Å²) in [6, 6.07) is 5.41. The van der Waals surface area contributed by atoms with E-state index in [2.05, 4.69) is 15.9 Å². The van der Waals surface area contributed by atoms with E-state index in [1.807, 2.05) is 12.1 Å². The first-order valence-electron chi connectivity index (χ1n) is 4.25. The average Bonchev–Trinajstić information content (AvgIpc) is 2.02. The number of phenols is 1. The van der Waals surface area contributed by atoms with Crippen LogP contribution in [0, 0.1) is 0 Å². The Morgan fingerprint density at radius 2 is 2.15 bits per heavy atom. The molecule has 2 nitrogen and oxygen atoms in total. The van der Waals surface area contributed by atoms with E-state index in [9.17, 15) is 5.11 Å². The van der Waals surface area contributed by atoms with Gasteiger partial charge in [0.05, 0.1) is 6.10 Å². The lowest BCUT2D eigenvalue weighted by Crippen LogP contribution is -2.01. The highest BCUT2D eigenvalue weighted by atomic mass is 79.9. The summed E-state index contributed by atoms with van der Waals surface area (Å²) in [4.78, 5) is 0. The van der Waals surface area contributed by atoms with Gasteiger partial charge in [0.1, 0.15) is 5.75 Å². The molecule has 0 aliphatic carbocycles. The lowest BCUT2D eigenvalue weighted by molar-refractivity contribution is 0.184. The van der Waals surface area contributed by atoms with Crippen LogP contribution in [0.3, 0.4) is 0 Å². The van der Waals surface area contributed by atoms with Gasteiger partial charge in [-0.2, -0.15) is 0 Å². The molecule has 0 aliphatic heterocycles. The standard InChI is InChI=1S/C10H13BrO2/c1-7(12)2-3-8-4-5-9(11)6-10(8)13/h4-7,12-13H,2-3H2,1H3. The third-order valence-electron chi connectivity index (χ3n) is 1.88. The largest absolute Gasteiger partial charge is 0.508 e. The van der Waals surface area contributed by atoms with Crippen LogP contribution >= 0.6 is 15.9 Å². The Bertz CT molecular complexity index is 284. The number of phenolic OH excluding ortho intramolecular Hbond substituents is 1. The first-order chi connectivity index (χ1) is 6.09. The number of aliphatic hydroxyl groups excluding tert-OH is 1. The number of hydrogen-bond acceptors (Lipinski definition) is 2. The summed E-state index contributed by atoms with van der Waals surface area (Å²) in [5, 5.41) is 18.6. The maximum Gasteiger partial charge on any atom is 0.119 e. The topological polar surface area (TPSA) is 40.5 Å². The van der Waals surface area contributed by atoms with Crippen LogP contribution in [-0.4, -0.2) is 16.3 Å². The molecule has 13 heavy (non-hydrogen) atoms. The summed E-state index contributed by atoms with van der Waals surface area (Å²) >= 11 is 3.27. The highest BCUT2D eigenvalue weighted by Crippen LogP contribution is 2.23. The van der Waals surface area contributed by atoms with Gasteiger partial charge < -0.3 is 10.2 Å². The summed E-state index contributed by atoms with van der Waals surface area (Å²) < 4.78 is 0.866. The smallest absolute Gasteiger partial charge is 0.119 e. The number of aromatic hydroxyl groups is 1. The van der Waals surface area contributed by atoms with Crippen LogP contribution in [-0.2, 0) is 6.42 Å². The molecule has 0 spiro atoms. The van der Waals surface area contributed by atoms with Gasteiger partial charge in [0, 0.05) is 4.47 Å². The second-order valence-electron chi connectivity index (χ2n) is 3.16. The van der Waals surface area contributed by atoms with Crippen LogP contribution in [0.5, 0.6) is 5.75 Å². The minimum Gasteiger partial charge on any atom is -0.508 e. The Hall–Kier alpha value is -0.540. The monoisotopic (exact) mass is 244 g/mol. The second kappa shape index (κ2) is 4.63. The van der Waals surface area contributed by atoms with Gasteiger partial charge >= 0.3 is 0 Å². The van der Waals surface area contributed by atoms with Gasteiger partial charge in [-0.3, -0.25) is 0 Å². The molecule has 1 aromatic rings. The SMILES string of the molecule is CC(O)CCc1ccc(Br)cc1O. The summed E-state index contributed by atoms with van der Waals surface area (Å²) in [5.74, 6) is 0.287. The maximum absolute atomic E-state index is 9.49. The summed E-state index contributed by atoms with van der Waals surface area (Å²) in [5.41, 5.74) is 0.879. The lowest BCUT2D eigenvalue weighted by Gasteiger charge is -2.06. The molecule has 0 heterocycles. The molecule has 1 atom stereocenters. The zero-order chi connectivity index (χ0) is 9.84. The highest BCUT2D eigenvalue weighted by molar-refractivity contribution is 9.10. The molecule has 1 aromatic carbocycles. The summed E-state index contributed by atoms with van der Waals surface area (Å²) in [7, 11) is 0. The molecule has 0 bridgehead atoms. The molecule has 0 saturated carbocycles. The Labute approximate surface area is 86.3 Å². The fraction of sp³-hybridized carbons (Fsp3) is 0.400. The number of halogens is 1. The van der Waals surface area contributed by atoms with Crippen molar-refractivity contribution >= 4 is 15.9 Å². The molecule has 0 radical (unpaired) electrons. The van der Waals surface area contributed by atoms with Crippen molar-refractivity contribution in [2.75, 3.05) is 0 Å². The zero-order valence-corrected chi connectivity index (χ0v) is 9.08. The number of aryl methyl sites for hydroxylation is 1. The maximum atomic E-state index is 9.49. The van der Waals surface area contributed by atoms with E-state index >= 15 is 0 Å². The third kappa shape index (κ3) is 3.36. The molecule has 0 amide bonds. The van der Waals surface area contributed by atoms with Crippen molar-refractivity contribution in [1.29, 1.82) is 0 Å². The van der Waals surface area contributed by atoms with Crippen molar-refractivity contribution in [3.05, 3.63) is 28.2 Å². The van der Waals surface area contributed by atoms with Gasteiger partial charge in [0.15, 0.2) is 0 Å². The molecule has 0 saturated heterocycles. The van der Waals surface area contributed by atoms with Gasteiger partial charge in [-0.15, -0.1) is 0 Å². The van der Waals surface area contributed by atoms with Gasteiger partial charge in [-0.1, -0.05) is 22.0 Å². The first kappa shape index (κ1) is 10.5. The fourth-order valence-corrected chi connectivity index (χ4v) is 1.46. The minimum absolute atomic E-state index is 0.287. The van der Waals surface area contributed by atoms with E-state index in [1.165, 1.54) is 0 Å². The molecule has 0 aromatic heterocycles. The van der Waals surface area contributed by atoms with Crippen LogP contribution in [0.25, 0.3) is 0 Å². The summed E-state index contributed by atoms with van der Waals surface area (Å²) in [6.45, 7) is 1.75. The van der Waals surface area contributed by atoms with Crippen molar-refractivity contribution in [2.24, 2.45) is 0 Å². The van der Waals surface area contributed by atoms with E-state index in [-0.39, 0.29) is 11.9 Å². The normalized spacial score (nSPS) is 12.8. The molecule has 72 valence electrons. The molecule has 2 N–H and O–H groups in total. The highest BCUT2D eigenvalue weighted by Gasteiger charge is 2.03. The Kier molecular flexibility index (Phi) is 3.75. The van der Waals surface area contributed by atoms with Gasteiger partial charge in [0.2, 0.25) is 0 Å². The Morgan fingerprint density at radius 3 is 2.69 bits per heavy atom. The number of rotatable bonds is 3. The van der Waals surface area contributed by atoms with Crippen molar-refractivity contribution in [3.8, 4) is 5.75 Å². The molecule has 0 fully saturated rings. The van der Waals surface area contributed by atoms with E-state index in [0.29, 0.717) is 12.8 Å². The molecular formula is C10H13BrO2.